The van der Waals surface area contributed by atoms with Crippen molar-refractivity contribution in [1.29, 1.82) is 0 Å². The predicted octanol–water partition coefficient (Wildman–Crippen LogP) is 2.02. The number of rotatable bonds is 4. The van der Waals surface area contributed by atoms with Crippen molar-refractivity contribution in [3.8, 4) is 17.7 Å². The summed E-state index contributed by atoms with van der Waals surface area (Å²) in [6.07, 6.45) is 3.39. The Morgan fingerprint density at radius 1 is 0.932 bits per heavy atom. The Labute approximate surface area is 251 Å². The fourth-order valence-electron chi connectivity index (χ4n) is 5.77. The number of para-hydroxylation sites is 1. The van der Waals surface area contributed by atoms with Gasteiger partial charge in [-0.15, -0.1) is 5.10 Å². The number of hydrogen-bond acceptors (Lipinski definition) is 7. The van der Waals surface area contributed by atoms with Gasteiger partial charge in [0.15, 0.2) is 5.65 Å². The average Bonchev–Trinajstić information content (AvgIpc) is 3.77. The van der Waals surface area contributed by atoms with Crippen LogP contribution >= 0.6 is 0 Å². The molecule has 1 unspecified atom stereocenters. The molecule has 2 aliphatic heterocycles. The molecule has 2 aliphatic rings. The topological polar surface area (TPSA) is 127 Å². The highest BCUT2D eigenvalue weighted by Gasteiger charge is 2.37. The van der Waals surface area contributed by atoms with E-state index in [0.29, 0.717) is 47.1 Å². The lowest BCUT2D eigenvalue weighted by atomic mass is 10.0. The van der Waals surface area contributed by atoms with Crippen molar-refractivity contribution in [2.75, 3.05) is 18.0 Å². The smallest absolute Gasteiger partial charge is 0.284 e. The van der Waals surface area contributed by atoms with Gasteiger partial charge in [0.2, 0.25) is 0 Å². The lowest BCUT2D eigenvalue weighted by molar-refractivity contribution is 0.0733. The number of hydrogen-bond donors (Lipinski definition) is 1. The van der Waals surface area contributed by atoms with Crippen molar-refractivity contribution in [3.05, 3.63) is 112 Å². The van der Waals surface area contributed by atoms with Crippen LogP contribution in [0, 0.1) is 24.8 Å². The van der Waals surface area contributed by atoms with E-state index in [1.54, 1.807) is 72.0 Å². The second-order valence-electron chi connectivity index (χ2n) is 10.7. The zero-order chi connectivity index (χ0) is 30.5. The van der Waals surface area contributed by atoms with Gasteiger partial charge in [0.25, 0.3) is 23.3 Å². The Balaban J connectivity index is 1.21. The number of nitrogens with one attached hydrogen (secondary N) is 1. The van der Waals surface area contributed by atoms with E-state index >= 15 is 0 Å². The molecule has 1 N–H and O–H groups in total. The summed E-state index contributed by atoms with van der Waals surface area (Å²) in [5.74, 6) is 1.72. The molecule has 0 aliphatic carbocycles. The van der Waals surface area contributed by atoms with Crippen LogP contribution in [-0.4, -0.2) is 65.7 Å². The molecule has 1 fully saturated rings. The van der Waals surface area contributed by atoms with Crippen molar-refractivity contribution in [2.45, 2.75) is 13.0 Å². The third kappa shape index (κ3) is 4.33. The highest BCUT2D eigenvalue weighted by atomic mass is 16.2. The van der Waals surface area contributed by atoms with E-state index in [4.69, 9.17) is 0 Å². The Kier molecular flexibility index (Phi) is 6.36. The number of carbonyl (C=O) groups is 3. The summed E-state index contributed by atoms with van der Waals surface area (Å²) in [6.45, 7) is 2.41. The number of carbonyl (C=O) groups excluding carboxylic acids is 3. The van der Waals surface area contributed by atoms with E-state index in [0.717, 1.165) is 4.90 Å². The van der Waals surface area contributed by atoms with E-state index < -0.39 is 35.2 Å². The standard InChI is InChI=1S/C32H26N8O4/c1-20-28(32(44)40(36(20)2)22-8-4-3-5-9-22)29(41)34-25-19-37(27-13-12-26-33-15-17-39(26)35-27)18-21(25)14-16-38-30(42)23-10-6-7-11-24(23)31(38)43/h3-13,15,17,21,25H,18-19H2,1-2H3,(H,34,41)/t21?,25-/m1/s1. The van der Waals surface area contributed by atoms with Crippen LogP contribution in [0.4, 0.5) is 5.82 Å². The normalized spacial score (nSPS) is 17.6. The molecule has 0 spiro atoms. The van der Waals surface area contributed by atoms with Gasteiger partial charge >= 0.3 is 0 Å². The maximum absolute atomic E-state index is 13.7. The molecule has 2 aromatic carbocycles. The van der Waals surface area contributed by atoms with Crippen molar-refractivity contribution < 1.29 is 14.4 Å². The summed E-state index contributed by atoms with van der Waals surface area (Å²) in [6, 6.07) is 21.6. The van der Waals surface area contributed by atoms with Gasteiger partial charge in [0.05, 0.1) is 34.5 Å². The van der Waals surface area contributed by atoms with Gasteiger partial charge in [-0.1, -0.05) is 36.3 Å². The molecule has 1 saturated heterocycles. The van der Waals surface area contributed by atoms with E-state index in [9.17, 15) is 19.2 Å². The van der Waals surface area contributed by atoms with Crippen molar-refractivity contribution in [2.24, 2.45) is 13.0 Å². The van der Waals surface area contributed by atoms with Crippen LogP contribution in [0.2, 0.25) is 0 Å². The number of imidazole rings is 1. The predicted molar refractivity (Wildman–Crippen MR) is 160 cm³/mol. The summed E-state index contributed by atoms with van der Waals surface area (Å²) >= 11 is 0. The third-order valence-electron chi connectivity index (χ3n) is 8.14. The molecule has 5 aromatic rings. The Bertz CT molecular complexity index is 2060. The monoisotopic (exact) mass is 586 g/mol. The lowest BCUT2D eigenvalue weighted by Gasteiger charge is -2.17. The highest BCUT2D eigenvalue weighted by molar-refractivity contribution is 6.22. The number of imide groups is 1. The summed E-state index contributed by atoms with van der Waals surface area (Å²) in [5.41, 5.74) is 2.03. The molecule has 7 rings (SSSR count). The van der Waals surface area contributed by atoms with Crippen molar-refractivity contribution in [3.63, 3.8) is 0 Å². The maximum atomic E-state index is 13.7. The number of benzene rings is 2. The Hall–Kier alpha value is -5.96. The quantitative estimate of drug-likeness (QED) is 0.252. The van der Waals surface area contributed by atoms with Crippen molar-refractivity contribution >= 4 is 29.2 Å². The molecule has 0 bridgehead atoms. The number of aromatic nitrogens is 5. The molecule has 44 heavy (non-hydrogen) atoms. The van der Waals surface area contributed by atoms with Crippen LogP contribution in [0.25, 0.3) is 11.3 Å². The van der Waals surface area contributed by atoms with Crippen LogP contribution in [-0.2, 0) is 7.05 Å². The van der Waals surface area contributed by atoms with Gasteiger partial charge in [-0.3, -0.25) is 23.9 Å². The molecule has 3 aromatic heterocycles. The average molecular weight is 587 g/mol. The zero-order valence-electron chi connectivity index (χ0n) is 23.8. The van der Waals surface area contributed by atoms with Gasteiger partial charge in [0.1, 0.15) is 11.4 Å². The van der Waals surface area contributed by atoms with Gasteiger partial charge < -0.3 is 10.2 Å². The molecular weight excluding hydrogens is 560 g/mol. The maximum Gasteiger partial charge on any atom is 0.284 e. The molecule has 2 atom stereocenters. The summed E-state index contributed by atoms with van der Waals surface area (Å²) < 4.78 is 4.76. The number of fused-ring (bicyclic) bond motifs is 2. The summed E-state index contributed by atoms with van der Waals surface area (Å²) in [4.78, 5) is 60.2. The van der Waals surface area contributed by atoms with E-state index in [1.165, 1.54) is 4.68 Å². The zero-order valence-corrected chi connectivity index (χ0v) is 23.8. The van der Waals surface area contributed by atoms with Gasteiger partial charge in [-0.05, 0) is 43.3 Å². The minimum absolute atomic E-state index is 0.0276. The molecule has 3 amide bonds. The second kappa shape index (κ2) is 10.4. The second-order valence-corrected chi connectivity index (χ2v) is 10.7. The van der Waals surface area contributed by atoms with E-state index in [1.807, 2.05) is 35.2 Å². The fourth-order valence-corrected chi connectivity index (χ4v) is 5.77. The summed E-state index contributed by atoms with van der Waals surface area (Å²) in [5, 5.41) is 7.65. The minimum atomic E-state index is -0.547. The molecule has 0 saturated carbocycles. The third-order valence-corrected chi connectivity index (χ3v) is 8.14. The van der Waals surface area contributed by atoms with E-state index in [2.05, 4.69) is 27.4 Å². The van der Waals surface area contributed by atoms with Crippen molar-refractivity contribution in [1.82, 2.24) is 34.2 Å². The van der Waals surface area contributed by atoms with Gasteiger partial charge in [-0.25, -0.2) is 14.2 Å². The fraction of sp³-hybridized carbons (Fsp3) is 0.188. The van der Waals surface area contributed by atoms with Gasteiger partial charge in [0, 0.05) is 38.6 Å². The summed E-state index contributed by atoms with van der Waals surface area (Å²) in [7, 11) is 1.73. The molecule has 5 heterocycles. The Morgan fingerprint density at radius 3 is 2.36 bits per heavy atom. The van der Waals surface area contributed by atoms with Crippen LogP contribution < -0.4 is 15.8 Å². The van der Waals surface area contributed by atoms with E-state index in [-0.39, 0.29) is 5.56 Å². The molecule has 218 valence electrons. The van der Waals surface area contributed by atoms with Crippen LogP contribution in [0.15, 0.2) is 83.9 Å². The molecule has 0 radical (unpaired) electrons. The molecule has 12 heteroatoms. The van der Waals surface area contributed by atoms with Crippen LogP contribution in [0.3, 0.4) is 0 Å². The SMILES string of the molecule is Cc1c(C(=O)N[C@@H]2CN(c3ccc4nccn4n3)CC2C#CN2C(=O)c3ccccc3C2=O)c(=O)n(-c2ccccc2)n1C. The molecular formula is C32H26N8O4. The lowest BCUT2D eigenvalue weighted by Crippen LogP contribution is -2.42. The largest absolute Gasteiger partial charge is 0.352 e. The van der Waals surface area contributed by atoms with Gasteiger partial charge in [-0.2, -0.15) is 4.90 Å². The van der Waals surface area contributed by atoms with Crippen LogP contribution in [0.5, 0.6) is 0 Å². The minimum Gasteiger partial charge on any atom is -0.352 e. The first-order chi connectivity index (χ1) is 21.3. The first kappa shape index (κ1) is 26.9. The Morgan fingerprint density at radius 2 is 1.64 bits per heavy atom. The van der Waals surface area contributed by atoms with Crippen LogP contribution in [0.1, 0.15) is 36.8 Å². The molecule has 12 nitrogen and oxygen atoms in total. The first-order valence-electron chi connectivity index (χ1n) is 14.0. The highest BCUT2D eigenvalue weighted by Crippen LogP contribution is 2.25. The number of amides is 3. The number of nitrogens with zero attached hydrogens (tertiary/aromatic N) is 7. The first-order valence-corrected chi connectivity index (χ1v) is 14.0. The number of anilines is 1.